The first kappa shape index (κ1) is 22.9. The molecule has 0 bridgehead atoms. The van der Waals surface area contributed by atoms with Gasteiger partial charge in [0.05, 0.1) is 10.5 Å². The summed E-state index contributed by atoms with van der Waals surface area (Å²) in [4.78, 5) is 5.31. The van der Waals surface area contributed by atoms with Crippen molar-refractivity contribution in [2.75, 3.05) is 36.4 Å². The smallest absolute Gasteiger partial charge is 0.352 e. The molecule has 1 fully saturated rings. The summed E-state index contributed by atoms with van der Waals surface area (Å²) in [6, 6.07) is 11.4. The highest BCUT2D eigenvalue weighted by atomic mass is 32.2. The fraction of sp³-hybridized carbons (Fsp3) is 0.286. The van der Waals surface area contributed by atoms with E-state index in [0.717, 1.165) is 22.0 Å². The number of hydrogen-bond donors (Lipinski definition) is 1. The average Bonchev–Trinajstić information content (AvgIpc) is 2.79. The van der Waals surface area contributed by atoms with E-state index in [1.165, 1.54) is 12.1 Å². The molecule has 1 aliphatic heterocycles. The number of nitrogens with one attached hydrogen (secondary N) is 1. The first-order chi connectivity index (χ1) is 15.6. The predicted molar refractivity (Wildman–Crippen MR) is 117 cm³/mol. The maximum atomic E-state index is 13.3. The Morgan fingerprint density at radius 3 is 2.30 bits per heavy atom. The normalized spacial score (nSPS) is 15.5. The maximum Gasteiger partial charge on any atom is 0.417 e. The molecule has 0 spiro atoms. The quantitative estimate of drug-likeness (QED) is 0.601. The number of anilines is 3. The van der Waals surface area contributed by atoms with Gasteiger partial charge in [-0.1, -0.05) is 12.1 Å². The summed E-state index contributed by atoms with van der Waals surface area (Å²) in [6.07, 6.45) is -3.08. The molecule has 1 aromatic carbocycles. The summed E-state index contributed by atoms with van der Waals surface area (Å²) >= 11 is 0. The van der Waals surface area contributed by atoms with Crippen LogP contribution in [0.3, 0.4) is 0 Å². The minimum Gasteiger partial charge on any atom is -0.352 e. The highest BCUT2D eigenvalue weighted by Gasteiger charge is 2.39. The molecule has 1 aliphatic rings. The molecule has 3 heterocycles. The number of halogens is 3. The molecule has 0 atom stereocenters. The Morgan fingerprint density at radius 2 is 1.67 bits per heavy atom. The van der Waals surface area contributed by atoms with Crippen molar-refractivity contribution in [3.05, 3.63) is 65.9 Å². The maximum absolute atomic E-state index is 13.3. The van der Waals surface area contributed by atoms with Crippen LogP contribution in [0.4, 0.5) is 30.6 Å². The topological polar surface area (TPSA) is 91.3 Å². The Bertz CT molecular complexity index is 1230. The lowest BCUT2D eigenvalue weighted by Gasteiger charge is -2.34. The minimum absolute atomic E-state index is 0.0312. The molecule has 4 rings (SSSR count). The Morgan fingerprint density at radius 1 is 0.939 bits per heavy atom. The third-order valence-corrected chi connectivity index (χ3v) is 7.15. The second kappa shape index (κ2) is 8.94. The predicted octanol–water partition coefficient (Wildman–Crippen LogP) is 3.45. The van der Waals surface area contributed by atoms with Crippen molar-refractivity contribution in [3.63, 3.8) is 0 Å². The summed E-state index contributed by atoms with van der Waals surface area (Å²) in [5, 5.41) is 11.4. The number of hydrogen-bond acceptors (Lipinski definition) is 7. The third-order valence-electron chi connectivity index (χ3n) is 5.19. The van der Waals surface area contributed by atoms with Crippen LogP contribution in [-0.4, -0.2) is 54.1 Å². The third kappa shape index (κ3) is 5.06. The average molecular weight is 479 g/mol. The standard InChI is InChI=1S/C21H21F3N6O2S/c1-15-8-9-25-19(14-15)26-18-6-7-20(28-27-18)29-10-12-30(13-11-29)33(31,32)17-5-3-2-4-16(17)21(22,23)24/h2-9,14H,10-13H2,1H3,(H,25,26,27). The van der Waals surface area contributed by atoms with Crippen molar-refractivity contribution >= 4 is 27.5 Å². The monoisotopic (exact) mass is 478 g/mol. The summed E-state index contributed by atoms with van der Waals surface area (Å²) in [5.41, 5.74) is -0.118. The second-order valence-corrected chi connectivity index (χ2v) is 9.41. The van der Waals surface area contributed by atoms with Crippen molar-refractivity contribution in [3.8, 4) is 0 Å². The minimum atomic E-state index is -4.76. The van der Waals surface area contributed by atoms with Gasteiger partial charge in [0.1, 0.15) is 5.82 Å². The molecule has 0 aliphatic carbocycles. The number of benzene rings is 1. The van der Waals surface area contributed by atoms with Gasteiger partial charge in [-0.05, 0) is 48.9 Å². The number of piperazine rings is 1. The Balaban J connectivity index is 1.43. The molecular weight excluding hydrogens is 457 g/mol. The molecule has 1 saturated heterocycles. The van der Waals surface area contributed by atoms with Gasteiger partial charge in [-0.25, -0.2) is 13.4 Å². The molecular formula is C21H21F3N6O2S. The van der Waals surface area contributed by atoms with Crippen molar-refractivity contribution in [1.82, 2.24) is 19.5 Å². The van der Waals surface area contributed by atoms with Gasteiger partial charge in [-0.3, -0.25) is 0 Å². The molecule has 1 N–H and O–H groups in total. The number of pyridine rings is 1. The van der Waals surface area contributed by atoms with Crippen LogP contribution in [0.5, 0.6) is 0 Å². The van der Waals surface area contributed by atoms with Crippen molar-refractivity contribution in [2.45, 2.75) is 18.0 Å². The van der Waals surface area contributed by atoms with E-state index >= 15 is 0 Å². The lowest BCUT2D eigenvalue weighted by molar-refractivity contribution is -0.139. The summed E-state index contributed by atoms with van der Waals surface area (Å²) in [6.45, 7) is 2.55. The van der Waals surface area contributed by atoms with Crippen molar-refractivity contribution in [1.29, 1.82) is 0 Å². The van der Waals surface area contributed by atoms with Gasteiger partial charge < -0.3 is 10.2 Å². The highest BCUT2D eigenvalue weighted by molar-refractivity contribution is 7.89. The van der Waals surface area contributed by atoms with E-state index in [1.54, 1.807) is 18.3 Å². The fourth-order valence-corrected chi connectivity index (χ4v) is 5.15. The molecule has 174 valence electrons. The van der Waals surface area contributed by atoms with E-state index in [-0.39, 0.29) is 26.2 Å². The van der Waals surface area contributed by atoms with Gasteiger partial charge in [0.2, 0.25) is 10.0 Å². The van der Waals surface area contributed by atoms with Crippen LogP contribution in [0.1, 0.15) is 11.1 Å². The van der Waals surface area contributed by atoms with Gasteiger partial charge in [0.15, 0.2) is 11.6 Å². The lowest BCUT2D eigenvalue weighted by Crippen LogP contribution is -2.49. The number of nitrogens with zero attached hydrogens (tertiary/aromatic N) is 5. The molecule has 0 saturated carbocycles. The second-order valence-electron chi connectivity index (χ2n) is 7.51. The number of alkyl halides is 3. The van der Waals surface area contributed by atoms with E-state index in [1.807, 2.05) is 24.0 Å². The Labute approximate surface area is 189 Å². The Kier molecular flexibility index (Phi) is 6.21. The van der Waals surface area contributed by atoms with Crippen LogP contribution >= 0.6 is 0 Å². The SMILES string of the molecule is Cc1ccnc(Nc2ccc(N3CCN(S(=O)(=O)c4ccccc4C(F)(F)F)CC3)nn2)c1. The van der Waals surface area contributed by atoms with Gasteiger partial charge in [-0.2, -0.15) is 17.5 Å². The zero-order valence-corrected chi connectivity index (χ0v) is 18.4. The van der Waals surface area contributed by atoms with E-state index in [4.69, 9.17) is 0 Å². The van der Waals surface area contributed by atoms with Crippen LogP contribution in [-0.2, 0) is 16.2 Å². The number of sulfonamides is 1. The van der Waals surface area contributed by atoms with Crippen LogP contribution in [0, 0.1) is 6.92 Å². The number of rotatable bonds is 5. The number of aryl methyl sites for hydroxylation is 1. The zero-order valence-electron chi connectivity index (χ0n) is 17.6. The molecule has 8 nitrogen and oxygen atoms in total. The van der Waals surface area contributed by atoms with Crippen LogP contribution in [0.25, 0.3) is 0 Å². The van der Waals surface area contributed by atoms with Gasteiger partial charge in [-0.15, -0.1) is 10.2 Å². The Hall–Kier alpha value is -3.25. The largest absolute Gasteiger partial charge is 0.417 e. The fourth-order valence-electron chi connectivity index (χ4n) is 3.52. The molecule has 2 aromatic heterocycles. The van der Waals surface area contributed by atoms with Crippen LogP contribution < -0.4 is 10.2 Å². The van der Waals surface area contributed by atoms with Crippen molar-refractivity contribution < 1.29 is 21.6 Å². The molecule has 33 heavy (non-hydrogen) atoms. The molecule has 0 unspecified atom stereocenters. The first-order valence-corrected chi connectivity index (χ1v) is 11.5. The van der Waals surface area contributed by atoms with Gasteiger partial charge in [0, 0.05) is 32.4 Å². The van der Waals surface area contributed by atoms with Crippen LogP contribution in [0.2, 0.25) is 0 Å². The van der Waals surface area contributed by atoms with E-state index in [0.29, 0.717) is 17.5 Å². The molecule has 0 radical (unpaired) electrons. The van der Waals surface area contributed by atoms with E-state index in [2.05, 4.69) is 20.5 Å². The molecule has 0 amide bonds. The zero-order chi connectivity index (χ0) is 23.6. The van der Waals surface area contributed by atoms with Gasteiger partial charge >= 0.3 is 6.18 Å². The van der Waals surface area contributed by atoms with E-state index in [9.17, 15) is 21.6 Å². The molecule has 12 heteroatoms. The van der Waals surface area contributed by atoms with Crippen LogP contribution in [0.15, 0.2) is 59.6 Å². The summed E-state index contributed by atoms with van der Waals surface area (Å²) in [5.74, 6) is 1.68. The van der Waals surface area contributed by atoms with Gasteiger partial charge in [0.25, 0.3) is 0 Å². The van der Waals surface area contributed by atoms with E-state index < -0.39 is 26.7 Å². The van der Waals surface area contributed by atoms with Crippen molar-refractivity contribution in [2.24, 2.45) is 0 Å². The molecule has 3 aromatic rings. The first-order valence-electron chi connectivity index (χ1n) is 10.1. The highest BCUT2D eigenvalue weighted by Crippen LogP contribution is 2.35. The summed E-state index contributed by atoms with van der Waals surface area (Å²) < 4.78 is 66.8. The number of aromatic nitrogens is 3. The summed E-state index contributed by atoms with van der Waals surface area (Å²) in [7, 11) is -4.29. The lowest BCUT2D eigenvalue weighted by atomic mass is 10.2.